The lowest BCUT2D eigenvalue weighted by molar-refractivity contribution is -0.140. The zero-order valence-corrected chi connectivity index (χ0v) is 20.9. The number of nitrogens with zero attached hydrogens (tertiary/aromatic N) is 1. The summed E-state index contributed by atoms with van der Waals surface area (Å²) in [5.74, 6) is -2.12. The van der Waals surface area contributed by atoms with Gasteiger partial charge in [-0.3, -0.25) is 4.79 Å². The van der Waals surface area contributed by atoms with Crippen LogP contribution >= 0.6 is 11.6 Å². The number of carbonyl (C=O) groups is 1. The van der Waals surface area contributed by atoms with Crippen molar-refractivity contribution >= 4 is 27.6 Å². The predicted octanol–water partition coefficient (Wildman–Crippen LogP) is 5.76. The van der Waals surface area contributed by atoms with Gasteiger partial charge in [-0.1, -0.05) is 23.7 Å². The first kappa shape index (κ1) is 28.3. The van der Waals surface area contributed by atoms with Crippen LogP contribution in [0.5, 0.6) is 0 Å². The Bertz CT molecular complexity index is 1180. The average molecular weight is 554 g/mol. The highest BCUT2D eigenvalue weighted by Gasteiger charge is 2.57. The highest BCUT2D eigenvalue weighted by molar-refractivity contribution is 7.90. The van der Waals surface area contributed by atoms with Gasteiger partial charge >= 0.3 is 21.5 Å². The van der Waals surface area contributed by atoms with Crippen LogP contribution in [0.2, 0.25) is 5.02 Å². The van der Waals surface area contributed by atoms with Crippen molar-refractivity contribution in [3.8, 4) is 0 Å². The number of sulfonamides is 1. The largest absolute Gasteiger partial charge is 0.511 e. The monoisotopic (exact) mass is 553 g/mol. The van der Waals surface area contributed by atoms with Crippen molar-refractivity contribution in [3.63, 3.8) is 0 Å². The third-order valence-electron chi connectivity index (χ3n) is 6.55. The molecule has 2 aromatic rings. The second-order valence-electron chi connectivity index (χ2n) is 8.83. The minimum absolute atomic E-state index is 0.00775. The van der Waals surface area contributed by atoms with Crippen molar-refractivity contribution in [1.82, 2.24) is 4.31 Å². The number of methoxy groups -OCH3 is 1. The molecule has 0 unspecified atom stereocenters. The van der Waals surface area contributed by atoms with Crippen LogP contribution in [0.4, 0.5) is 22.0 Å². The topological polar surface area (TPSA) is 63.7 Å². The molecule has 198 valence electrons. The number of esters is 1. The minimum Gasteiger partial charge on any atom is -0.469 e. The number of alkyl halides is 3. The molecule has 1 aliphatic carbocycles. The number of benzene rings is 2. The summed E-state index contributed by atoms with van der Waals surface area (Å²) in [5.41, 5.74) is -5.81. The number of rotatable bonds is 10. The zero-order valence-electron chi connectivity index (χ0n) is 19.3. The quantitative estimate of drug-likeness (QED) is 0.277. The summed E-state index contributed by atoms with van der Waals surface area (Å²) < 4.78 is 98.7. The summed E-state index contributed by atoms with van der Waals surface area (Å²) in [6, 6.07) is 8.61. The standard InChI is InChI=1S/C24H25ClF5NO4S/c1-35-22(32)3-2-12-31(36(33,34)24(28,29)30)19-14-23(15-19,20-13-18(26)8-9-21(20)27)11-10-16-4-6-17(25)7-5-16/h4-9,13,19H,2-3,10-12,14-15H2,1H3. The molecule has 0 saturated heterocycles. The van der Waals surface area contributed by atoms with Gasteiger partial charge in [-0.05, 0) is 73.6 Å². The summed E-state index contributed by atoms with van der Waals surface area (Å²) in [7, 11) is -4.61. The van der Waals surface area contributed by atoms with E-state index in [0.29, 0.717) is 15.7 Å². The molecule has 0 aliphatic heterocycles. The van der Waals surface area contributed by atoms with Gasteiger partial charge in [0.25, 0.3) is 0 Å². The number of hydrogen-bond donors (Lipinski definition) is 0. The Hall–Kier alpha value is -2.24. The second-order valence-corrected chi connectivity index (χ2v) is 11.2. The van der Waals surface area contributed by atoms with Gasteiger partial charge in [0.05, 0.1) is 7.11 Å². The van der Waals surface area contributed by atoms with Crippen molar-refractivity contribution in [2.75, 3.05) is 13.7 Å². The molecule has 0 N–H and O–H groups in total. The SMILES string of the molecule is COC(=O)CCCN(C1CC(CCc2ccc(Cl)cc2)(c2cc(F)ccc2F)C1)S(=O)(=O)C(F)(F)F. The van der Waals surface area contributed by atoms with E-state index >= 15 is 0 Å². The maximum atomic E-state index is 14.8. The van der Waals surface area contributed by atoms with Gasteiger partial charge in [0, 0.05) is 29.4 Å². The van der Waals surface area contributed by atoms with Crippen LogP contribution in [-0.2, 0) is 31.4 Å². The Balaban J connectivity index is 1.90. The normalized spacial score (nSPS) is 20.3. The first-order valence-electron chi connectivity index (χ1n) is 11.1. The van der Waals surface area contributed by atoms with E-state index in [-0.39, 0.29) is 37.7 Å². The summed E-state index contributed by atoms with van der Waals surface area (Å²) >= 11 is 5.90. The Morgan fingerprint density at radius 1 is 1.14 bits per heavy atom. The fraction of sp³-hybridized carbons (Fsp3) is 0.458. The van der Waals surface area contributed by atoms with Gasteiger partial charge in [0.2, 0.25) is 0 Å². The van der Waals surface area contributed by atoms with Gasteiger partial charge in [-0.15, -0.1) is 0 Å². The van der Waals surface area contributed by atoms with Crippen LogP contribution in [0.1, 0.15) is 43.2 Å². The fourth-order valence-corrected chi connectivity index (χ4v) is 5.96. The molecule has 0 atom stereocenters. The molecule has 1 fully saturated rings. The Kier molecular flexibility index (Phi) is 8.67. The third kappa shape index (κ3) is 6.18. The average Bonchev–Trinajstić information content (AvgIpc) is 2.78. The van der Waals surface area contributed by atoms with Crippen LogP contribution in [0.25, 0.3) is 0 Å². The van der Waals surface area contributed by atoms with Gasteiger partial charge in [0.15, 0.2) is 0 Å². The molecule has 0 aromatic heterocycles. The van der Waals surface area contributed by atoms with Gasteiger partial charge in [-0.2, -0.15) is 17.5 Å². The van der Waals surface area contributed by atoms with E-state index in [2.05, 4.69) is 4.74 Å². The van der Waals surface area contributed by atoms with E-state index in [0.717, 1.165) is 30.9 Å². The first-order valence-corrected chi connectivity index (χ1v) is 13.0. The Labute approximate surface area is 211 Å². The van der Waals surface area contributed by atoms with Crippen LogP contribution in [0.3, 0.4) is 0 Å². The molecule has 2 aromatic carbocycles. The molecule has 0 amide bonds. The highest BCUT2D eigenvalue weighted by atomic mass is 35.5. The van der Waals surface area contributed by atoms with Crippen molar-refractivity contribution < 1.29 is 39.9 Å². The number of ether oxygens (including phenoxy) is 1. The van der Waals surface area contributed by atoms with Crippen LogP contribution in [0, 0.1) is 11.6 Å². The molecule has 0 heterocycles. The molecule has 0 spiro atoms. The number of aryl methyl sites for hydroxylation is 1. The van der Waals surface area contributed by atoms with Crippen molar-refractivity contribution in [3.05, 3.63) is 70.2 Å². The minimum atomic E-state index is -5.73. The van der Waals surface area contributed by atoms with E-state index in [1.807, 2.05) is 0 Å². The van der Waals surface area contributed by atoms with Gasteiger partial charge < -0.3 is 4.74 Å². The molecule has 36 heavy (non-hydrogen) atoms. The van der Waals surface area contributed by atoms with Gasteiger partial charge in [0.1, 0.15) is 11.6 Å². The van der Waals surface area contributed by atoms with Gasteiger partial charge in [-0.25, -0.2) is 17.2 Å². The lowest BCUT2D eigenvalue weighted by atomic mass is 9.59. The summed E-state index contributed by atoms with van der Waals surface area (Å²) in [6.07, 6.45) is -0.122. The van der Waals surface area contributed by atoms with E-state index in [9.17, 15) is 35.2 Å². The molecular formula is C24H25ClF5NO4S. The molecule has 0 radical (unpaired) electrons. The molecule has 1 aliphatic rings. The Morgan fingerprint density at radius 3 is 2.36 bits per heavy atom. The van der Waals surface area contributed by atoms with E-state index in [1.165, 1.54) is 0 Å². The van der Waals surface area contributed by atoms with E-state index in [1.54, 1.807) is 24.3 Å². The third-order valence-corrected chi connectivity index (χ3v) is 8.49. The fourth-order valence-electron chi connectivity index (χ4n) is 4.66. The molecule has 3 rings (SSSR count). The maximum absolute atomic E-state index is 14.8. The van der Waals surface area contributed by atoms with Crippen LogP contribution in [0.15, 0.2) is 42.5 Å². The summed E-state index contributed by atoms with van der Waals surface area (Å²) in [6.45, 7) is -0.569. The summed E-state index contributed by atoms with van der Waals surface area (Å²) in [4.78, 5) is 11.4. The molecule has 1 saturated carbocycles. The molecule has 5 nitrogen and oxygen atoms in total. The predicted molar refractivity (Wildman–Crippen MR) is 124 cm³/mol. The van der Waals surface area contributed by atoms with Crippen LogP contribution < -0.4 is 0 Å². The smallest absolute Gasteiger partial charge is 0.469 e. The van der Waals surface area contributed by atoms with Crippen molar-refractivity contribution in [2.45, 2.75) is 55.5 Å². The Morgan fingerprint density at radius 2 is 1.78 bits per heavy atom. The van der Waals surface area contributed by atoms with Crippen molar-refractivity contribution in [2.24, 2.45) is 0 Å². The zero-order chi connectivity index (χ0) is 26.7. The number of halogens is 6. The number of carbonyl (C=O) groups excluding carboxylic acids is 1. The van der Waals surface area contributed by atoms with E-state index in [4.69, 9.17) is 11.6 Å². The molecule has 0 bridgehead atoms. The first-order chi connectivity index (χ1) is 16.8. The molecular weight excluding hydrogens is 529 g/mol. The molecule has 12 heteroatoms. The van der Waals surface area contributed by atoms with Crippen LogP contribution in [-0.4, -0.2) is 43.9 Å². The number of hydrogen-bond acceptors (Lipinski definition) is 4. The highest BCUT2D eigenvalue weighted by Crippen LogP contribution is 2.51. The lowest BCUT2D eigenvalue weighted by Gasteiger charge is -2.52. The lowest BCUT2D eigenvalue weighted by Crippen LogP contribution is -2.58. The second kappa shape index (κ2) is 11.0. The summed E-state index contributed by atoms with van der Waals surface area (Å²) in [5, 5.41) is 0.508. The maximum Gasteiger partial charge on any atom is 0.511 e. The van der Waals surface area contributed by atoms with Crippen molar-refractivity contribution in [1.29, 1.82) is 0 Å². The van der Waals surface area contributed by atoms with E-state index < -0.39 is 51.1 Å².